The van der Waals surface area contributed by atoms with Gasteiger partial charge in [-0.2, -0.15) is 5.26 Å². The molecule has 0 radical (unpaired) electrons. The Hall–Kier alpha value is -3.31. The van der Waals surface area contributed by atoms with Crippen molar-refractivity contribution in [3.8, 4) is 17.6 Å². The highest BCUT2D eigenvalue weighted by Gasteiger charge is 2.12. The Labute approximate surface area is 195 Å². The fraction of sp³-hybridized carbons (Fsp3) is 0.120. The summed E-state index contributed by atoms with van der Waals surface area (Å²) in [5, 5.41) is 12.3. The summed E-state index contributed by atoms with van der Waals surface area (Å²) in [5.74, 6) is 0.645. The minimum Gasteiger partial charge on any atom is -0.493 e. The number of ether oxygens (including phenoxy) is 2. The van der Waals surface area contributed by atoms with Crippen LogP contribution in [0, 0.1) is 21.8 Å². The van der Waals surface area contributed by atoms with Gasteiger partial charge < -0.3 is 14.8 Å². The zero-order valence-corrected chi connectivity index (χ0v) is 19.3. The van der Waals surface area contributed by atoms with Gasteiger partial charge in [0.1, 0.15) is 18.2 Å². The van der Waals surface area contributed by atoms with Crippen LogP contribution in [-0.4, -0.2) is 13.0 Å². The zero-order chi connectivity index (χ0) is 22.2. The van der Waals surface area contributed by atoms with Gasteiger partial charge in [-0.15, -0.1) is 0 Å². The summed E-state index contributed by atoms with van der Waals surface area (Å²) in [5.41, 5.74) is 3.30. The molecular formula is C25H21IN2O3. The van der Waals surface area contributed by atoms with Gasteiger partial charge in [-0.1, -0.05) is 36.4 Å². The summed E-state index contributed by atoms with van der Waals surface area (Å²) in [7, 11) is 1.55. The second-order valence-corrected chi connectivity index (χ2v) is 8.01. The van der Waals surface area contributed by atoms with E-state index < -0.39 is 5.91 Å². The lowest BCUT2D eigenvalue weighted by Gasteiger charge is -2.12. The van der Waals surface area contributed by atoms with E-state index in [-0.39, 0.29) is 5.57 Å². The topological polar surface area (TPSA) is 71.3 Å². The molecule has 0 aromatic heterocycles. The van der Waals surface area contributed by atoms with Gasteiger partial charge in [0.05, 0.1) is 7.11 Å². The Bertz CT molecular complexity index is 1150. The van der Waals surface area contributed by atoms with E-state index in [1.807, 2.05) is 55.5 Å². The zero-order valence-electron chi connectivity index (χ0n) is 17.2. The van der Waals surface area contributed by atoms with Crippen molar-refractivity contribution in [3.63, 3.8) is 0 Å². The van der Waals surface area contributed by atoms with Crippen LogP contribution in [0.15, 0.2) is 72.3 Å². The monoisotopic (exact) mass is 524 g/mol. The van der Waals surface area contributed by atoms with Crippen LogP contribution in [0.1, 0.15) is 16.7 Å². The van der Waals surface area contributed by atoms with Crippen LogP contribution in [0.5, 0.6) is 11.5 Å². The molecule has 6 heteroatoms. The number of hydrogen-bond donors (Lipinski definition) is 1. The van der Waals surface area contributed by atoms with Gasteiger partial charge in [0.15, 0.2) is 11.5 Å². The summed E-state index contributed by atoms with van der Waals surface area (Å²) < 4.78 is 12.5. The van der Waals surface area contributed by atoms with E-state index in [1.54, 1.807) is 31.4 Å². The predicted molar refractivity (Wildman–Crippen MR) is 130 cm³/mol. The quantitative estimate of drug-likeness (QED) is 0.244. The maximum absolute atomic E-state index is 12.5. The van der Waals surface area contributed by atoms with E-state index in [2.05, 4.69) is 27.9 Å². The SMILES string of the molecule is COc1cc(/C=C(/C#N)C(=O)Nc2ccccc2C)ccc1OCc1ccc(I)cc1. The molecule has 0 unspecified atom stereocenters. The van der Waals surface area contributed by atoms with Crippen LogP contribution < -0.4 is 14.8 Å². The van der Waals surface area contributed by atoms with E-state index in [4.69, 9.17) is 9.47 Å². The van der Waals surface area contributed by atoms with Gasteiger partial charge in [0.25, 0.3) is 5.91 Å². The van der Waals surface area contributed by atoms with Crippen molar-refractivity contribution in [2.75, 3.05) is 12.4 Å². The molecular weight excluding hydrogens is 503 g/mol. The number of nitrogens with zero attached hydrogens (tertiary/aromatic N) is 1. The number of hydrogen-bond acceptors (Lipinski definition) is 4. The molecule has 3 rings (SSSR count). The second kappa shape index (κ2) is 10.6. The van der Waals surface area contributed by atoms with E-state index in [0.717, 1.165) is 14.7 Å². The molecule has 0 spiro atoms. The molecule has 0 heterocycles. The minimum atomic E-state index is -0.463. The smallest absolute Gasteiger partial charge is 0.266 e. The molecule has 1 amide bonds. The second-order valence-electron chi connectivity index (χ2n) is 6.76. The molecule has 0 saturated heterocycles. The van der Waals surface area contributed by atoms with Crippen molar-refractivity contribution in [2.24, 2.45) is 0 Å². The van der Waals surface area contributed by atoms with E-state index >= 15 is 0 Å². The van der Waals surface area contributed by atoms with E-state index in [0.29, 0.717) is 29.4 Å². The third-order valence-electron chi connectivity index (χ3n) is 4.56. The van der Waals surface area contributed by atoms with Gasteiger partial charge in [-0.3, -0.25) is 4.79 Å². The molecule has 0 aliphatic carbocycles. The first-order valence-electron chi connectivity index (χ1n) is 9.54. The van der Waals surface area contributed by atoms with Gasteiger partial charge in [-0.25, -0.2) is 0 Å². The first-order valence-corrected chi connectivity index (χ1v) is 10.6. The standard InChI is InChI=1S/C25H21IN2O3/c1-17-5-3-4-6-22(17)28-25(29)20(15-27)13-19-9-12-23(24(14-19)30-2)31-16-18-7-10-21(26)11-8-18/h3-14H,16H2,1-2H3,(H,28,29)/b20-13-. The fourth-order valence-corrected chi connectivity index (χ4v) is 3.21. The fourth-order valence-electron chi connectivity index (χ4n) is 2.85. The summed E-state index contributed by atoms with van der Waals surface area (Å²) in [4.78, 5) is 12.5. The number of anilines is 1. The van der Waals surface area contributed by atoms with Crippen molar-refractivity contribution in [1.29, 1.82) is 5.26 Å². The molecule has 0 bridgehead atoms. The maximum Gasteiger partial charge on any atom is 0.266 e. The molecule has 1 N–H and O–H groups in total. The molecule has 0 atom stereocenters. The summed E-state index contributed by atoms with van der Waals surface area (Å²) >= 11 is 2.26. The molecule has 0 aliphatic heterocycles. The molecule has 156 valence electrons. The molecule has 0 aliphatic rings. The normalized spacial score (nSPS) is 10.8. The number of para-hydroxylation sites is 1. The first-order chi connectivity index (χ1) is 15.0. The molecule has 31 heavy (non-hydrogen) atoms. The number of rotatable bonds is 7. The first kappa shape index (κ1) is 22.4. The molecule has 0 saturated carbocycles. The van der Waals surface area contributed by atoms with Crippen molar-refractivity contribution in [1.82, 2.24) is 0 Å². The molecule has 5 nitrogen and oxygen atoms in total. The molecule has 3 aromatic rings. The lowest BCUT2D eigenvalue weighted by atomic mass is 10.1. The van der Waals surface area contributed by atoms with Crippen LogP contribution in [-0.2, 0) is 11.4 Å². The number of nitrogens with one attached hydrogen (secondary N) is 1. The Balaban J connectivity index is 1.75. The Kier molecular flexibility index (Phi) is 7.68. The Morgan fingerprint density at radius 3 is 2.52 bits per heavy atom. The summed E-state index contributed by atoms with van der Waals surface area (Å²) in [6, 6.07) is 22.7. The number of methoxy groups -OCH3 is 1. The summed E-state index contributed by atoms with van der Waals surface area (Å²) in [6.45, 7) is 2.30. The highest BCUT2D eigenvalue weighted by atomic mass is 127. The van der Waals surface area contributed by atoms with Crippen LogP contribution >= 0.6 is 22.6 Å². The van der Waals surface area contributed by atoms with Gasteiger partial charge in [-0.05, 0) is 82.6 Å². The van der Waals surface area contributed by atoms with E-state index in [9.17, 15) is 10.1 Å². The van der Waals surface area contributed by atoms with Gasteiger partial charge in [0.2, 0.25) is 0 Å². The number of amides is 1. The lowest BCUT2D eigenvalue weighted by molar-refractivity contribution is -0.112. The number of carbonyl (C=O) groups is 1. The predicted octanol–water partition coefficient (Wildman–Crippen LogP) is 5.73. The van der Waals surface area contributed by atoms with Crippen molar-refractivity contribution < 1.29 is 14.3 Å². The van der Waals surface area contributed by atoms with E-state index in [1.165, 1.54) is 6.08 Å². The highest BCUT2D eigenvalue weighted by Crippen LogP contribution is 2.30. The van der Waals surface area contributed by atoms with Crippen molar-refractivity contribution in [3.05, 3.63) is 92.6 Å². The number of carbonyl (C=O) groups excluding carboxylic acids is 1. The minimum absolute atomic E-state index is 0.00198. The van der Waals surface area contributed by atoms with Crippen molar-refractivity contribution >= 4 is 40.3 Å². The van der Waals surface area contributed by atoms with Crippen LogP contribution in [0.4, 0.5) is 5.69 Å². The largest absolute Gasteiger partial charge is 0.493 e. The number of nitriles is 1. The third kappa shape index (κ3) is 6.09. The third-order valence-corrected chi connectivity index (χ3v) is 5.28. The summed E-state index contributed by atoms with van der Waals surface area (Å²) in [6.07, 6.45) is 1.53. The number of benzene rings is 3. The van der Waals surface area contributed by atoms with Crippen LogP contribution in [0.25, 0.3) is 6.08 Å². The van der Waals surface area contributed by atoms with Crippen LogP contribution in [0.2, 0.25) is 0 Å². The highest BCUT2D eigenvalue weighted by molar-refractivity contribution is 14.1. The molecule has 0 fully saturated rings. The van der Waals surface area contributed by atoms with Gasteiger partial charge in [0, 0.05) is 9.26 Å². The average molecular weight is 524 g/mol. The molecule has 3 aromatic carbocycles. The maximum atomic E-state index is 12.5. The number of aryl methyl sites for hydroxylation is 1. The number of halogens is 1. The lowest BCUT2D eigenvalue weighted by Crippen LogP contribution is -2.14. The van der Waals surface area contributed by atoms with Crippen LogP contribution in [0.3, 0.4) is 0 Å². The Morgan fingerprint density at radius 1 is 1.10 bits per heavy atom. The van der Waals surface area contributed by atoms with Gasteiger partial charge >= 0.3 is 0 Å². The Morgan fingerprint density at radius 2 is 1.84 bits per heavy atom. The average Bonchev–Trinajstić information content (AvgIpc) is 2.78. The van der Waals surface area contributed by atoms with Crippen molar-refractivity contribution in [2.45, 2.75) is 13.5 Å².